The van der Waals surface area contributed by atoms with Crippen molar-refractivity contribution in [1.82, 2.24) is 5.32 Å². The van der Waals surface area contributed by atoms with Gasteiger partial charge < -0.3 is 20.3 Å². The minimum Gasteiger partial charge on any atom is -0.466 e. The molecule has 448 valence electrons. The molecule has 0 aromatic carbocycles. The Morgan fingerprint density at radius 3 is 1.07 bits per heavy atom. The molecule has 0 fully saturated rings. The molecule has 6 nitrogen and oxygen atoms in total. The largest absolute Gasteiger partial charge is 0.466 e. The van der Waals surface area contributed by atoms with E-state index in [1.165, 1.54) is 289 Å². The molecule has 0 aliphatic rings. The highest BCUT2D eigenvalue weighted by Gasteiger charge is 2.20. The normalized spacial score (nSPS) is 12.7. The molecular weight excluding hydrogens is 935 g/mol. The van der Waals surface area contributed by atoms with Gasteiger partial charge >= 0.3 is 5.97 Å². The van der Waals surface area contributed by atoms with E-state index in [9.17, 15) is 19.8 Å². The van der Waals surface area contributed by atoms with Gasteiger partial charge in [0.15, 0.2) is 0 Å². The first-order valence-electron chi connectivity index (χ1n) is 34.2. The molecule has 0 aromatic rings. The van der Waals surface area contributed by atoms with E-state index < -0.39 is 12.1 Å². The number of hydrogen-bond donors (Lipinski definition) is 3. The molecule has 76 heavy (non-hydrogen) atoms. The Morgan fingerprint density at radius 1 is 0.368 bits per heavy atom. The second-order valence-electron chi connectivity index (χ2n) is 23.5. The van der Waals surface area contributed by atoms with Crippen molar-refractivity contribution in [2.75, 3.05) is 13.2 Å². The molecule has 0 bridgehead atoms. The molecule has 0 aliphatic heterocycles. The molecule has 1 amide bonds. The predicted octanol–water partition coefficient (Wildman–Crippen LogP) is 21.9. The maximum atomic E-state index is 12.5. The summed E-state index contributed by atoms with van der Waals surface area (Å²) >= 11 is 0. The lowest BCUT2D eigenvalue weighted by Crippen LogP contribution is -2.45. The van der Waals surface area contributed by atoms with Crippen molar-refractivity contribution in [3.05, 3.63) is 36.5 Å². The van der Waals surface area contributed by atoms with Crippen molar-refractivity contribution < 1.29 is 24.5 Å². The lowest BCUT2D eigenvalue weighted by molar-refractivity contribution is -0.143. The van der Waals surface area contributed by atoms with Gasteiger partial charge in [0.05, 0.1) is 25.4 Å². The minimum absolute atomic E-state index is 0.00153. The molecule has 2 atom stereocenters. The van der Waals surface area contributed by atoms with Crippen LogP contribution in [0.15, 0.2) is 36.5 Å². The monoisotopic (exact) mass is 1070 g/mol. The fraction of sp³-hybridized carbons (Fsp3) is 0.886. The molecule has 0 radical (unpaired) electrons. The zero-order valence-corrected chi connectivity index (χ0v) is 51.3. The summed E-state index contributed by atoms with van der Waals surface area (Å²) in [6.45, 7) is 4.91. The maximum absolute atomic E-state index is 12.5. The number of rotatable bonds is 64. The topological polar surface area (TPSA) is 95.9 Å². The molecule has 3 N–H and O–H groups in total. The average molecular weight is 1070 g/mol. The Balaban J connectivity index is 3.41. The number of amides is 1. The van der Waals surface area contributed by atoms with Crippen LogP contribution < -0.4 is 5.32 Å². The number of allylic oxidation sites excluding steroid dienone is 6. The molecule has 0 saturated heterocycles. The second-order valence-corrected chi connectivity index (χ2v) is 23.5. The fourth-order valence-electron chi connectivity index (χ4n) is 10.7. The zero-order valence-electron chi connectivity index (χ0n) is 51.3. The van der Waals surface area contributed by atoms with Gasteiger partial charge in [-0.05, 0) is 77.0 Å². The Morgan fingerprint density at radius 2 is 0.684 bits per heavy atom. The van der Waals surface area contributed by atoms with Crippen LogP contribution in [-0.4, -0.2) is 47.4 Å². The van der Waals surface area contributed by atoms with Gasteiger partial charge in [-0.3, -0.25) is 9.59 Å². The van der Waals surface area contributed by atoms with Crippen LogP contribution in [0.3, 0.4) is 0 Å². The number of hydrogen-bond acceptors (Lipinski definition) is 5. The first kappa shape index (κ1) is 74.1. The Hall–Kier alpha value is -1.92. The standard InChI is InChI=1S/C70H133NO5/c1-3-5-7-9-11-13-15-17-18-19-20-26-29-32-35-39-42-46-50-54-58-62-68(73)67(66-72)71-69(74)63-59-55-51-47-43-40-36-33-30-27-24-22-21-23-25-28-31-34-37-41-45-49-53-57-61-65-76-70(75)64-60-56-52-48-44-38-16-14-12-10-8-6-4-2/h8,10,14,16,22,24,67-68,72-73H,3-7,9,11-13,15,17-21,23,25-66H2,1-2H3,(H,71,74)/b10-8-,16-14-,24-22-. The number of aliphatic hydroxyl groups is 2. The molecule has 0 rings (SSSR count). The number of carbonyl (C=O) groups is 2. The van der Waals surface area contributed by atoms with E-state index in [1.54, 1.807) is 0 Å². The number of carbonyl (C=O) groups excluding carboxylic acids is 2. The van der Waals surface area contributed by atoms with Crippen LogP contribution in [-0.2, 0) is 14.3 Å². The van der Waals surface area contributed by atoms with Crippen molar-refractivity contribution in [3.63, 3.8) is 0 Å². The molecule has 6 heteroatoms. The summed E-state index contributed by atoms with van der Waals surface area (Å²) < 4.78 is 5.47. The average Bonchev–Trinajstić information content (AvgIpc) is 3.42. The van der Waals surface area contributed by atoms with E-state index >= 15 is 0 Å². The Kier molecular flexibility index (Phi) is 63.9. The lowest BCUT2D eigenvalue weighted by atomic mass is 10.0. The van der Waals surface area contributed by atoms with E-state index in [2.05, 4.69) is 55.6 Å². The first-order valence-corrected chi connectivity index (χ1v) is 34.2. The maximum Gasteiger partial charge on any atom is 0.305 e. The number of aliphatic hydroxyl groups excluding tert-OH is 2. The van der Waals surface area contributed by atoms with Crippen LogP contribution in [0.4, 0.5) is 0 Å². The van der Waals surface area contributed by atoms with E-state index in [1.807, 2.05) is 0 Å². The molecule has 0 saturated carbocycles. The van der Waals surface area contributed by atoms with Crippen LogP contribution in [0.5, 0.6) is 0 Å². The van der Waals surface area contributed by atoms with Gasteiger partial charge in [0.25, 0.3) is 0 Å². The number of esters is 1. The van der Waals surface area contributed by atoms with Gasteiger partial charge in [-0.15, -0.1) is 0 Å². The second kappa shape index (κ2) is 65.6. The third-order valence-corrected chi connectivity index (χ3v) is 15.9. The van der Waals surface area contributed by atoms with Gasteiger partial charge in [-0.1, -0.05) is 320 Å². The third kappa shape index (κ3) is 61.3. The highest BCUT2D eigenvalue weighted by molar-refractivity contribution is 5.76. The summed E-state index contributed by atoms with van der Waals surface area (Å²) in [6.07, 6.45) is 83.2. The number of unbranched alkanes of at least 4 members (excludes halogenated alkanes) is 47. The number of nitrogens with one attached hydrogen (secondary N) is 1. The smallest absolute Gasteiger partial charge is 0.305 e. The predicted molar refractivity (Wildman–Crippen MR) is 333 cm³/mol. The highest BCUT2D eigenvalue weighted by atomic mass is 16.5. The van der Waals surface area contributed by atoms with Gasteiger partial charge in [0.1, 0.15) is 0 Å². The third-order valence-electron chi connectivity index (χ3n) is 15.9. The van der Waals surface area contributed by atoms with Gasteiger partial charge in [0.2, 0.25) is 5.91 Å². The fourth-order valence-corrected chi connectivity index (χ4v) is 10.7. The summed E-state index contributed by atoms with van der Waals surface area (Å²) in [5.74, 6) is -0.0361. The van der Waals surface area contributed by atoms with E-state index in [-0.39, 0.29) is 18.5 Å². The molecule has 0 spiro atoms. The summed E-state index contributed by atoms with van der Waals surface area (Å²) in [6, 6.07) is -0.545. The minimum atomic E-state index is -0.668. The lowest BCUT2D eigenvalue weighted by Gasteiger charge is -2.22. The molecule has 0 heterocycles. The van der Waals surface area contributed by atoms with E-state index in [0.717, 1.165) is 51.4 Å². The molecule has 2 unspecified atom stereocenters. The molecule has 0 aliphatic carbocycles. The van der Waals surface area contributed by atoms with Gasteiger partial charge in [0, 0.05) is 12.8 Å². The summed E-state index contributed by atoms with van der Waals surface area (Å²) in [5.41, 5.74) is 0. The van der Waals surface area contributed by atoms with Crippen LogP contribution in [0.25, 0.3) is 0 Å². The Labute approximate surface area is 474 Å². The first-order chi connectivity index (χ1) is 37.5. The van der Waals surface area contributed by atoms with Crippen LogP contribution in [0, 0.1) is 0 Å². The SMILES string of the molecule is CCC/C=C\C/C=C\CCCCCCCC(=O)OCCCCCCCCCCCCCC/C=C\CCCCCCCCCCCC(=O)NC(CO)C(O)CCCCCCCCCCCCCCCCCCCCCCC. The zero-order chi connectivity index (χ0) is 55.0. The summed E-state index contributed by atoms with van der Waals surface area (Å²) in [5, 5.41) is 23.4. The van der Waals surface area contributed by atoms with E-state index in [4.69, 9.17) is 4.74 Å². The van der Waals surface area contributed by atoms with E-state index in [0.29, 0.717) is 25.9 Å². The van der Waals surface area contributed by atoms with Gasteiger partial charge in [-0.2, -0.15) is 0 Å². The summed E-state index contributed by atoms with van der Waals surface area (Å²) in [7, 11) is 0. The van der Waals surface area contributed by atoms with Crippen molar-refractivity contribution in [2.45, 2.75) is 386 Å². The Bertz CT molecular complexity index is 1230. The van der Waals surface area contributed by atoms with Crippen molar-refractivity contribution in [1.29, 1.82) is 0 Å². The van der Waals surface area contributed by atoms with Crippen LogP contribution >= 0.6 is 0 Å². The number of ether oxygens (including phenoxy) is 1. The van der Waals surface area contributed by atoms with Crippen LogP contribution in [0.1, 0.15) is 373 Å². The van der Waals surface area contributed by atoms with Crippen molar-refractivity contribution >= 4 is 11.9 Å². The molecular formula is C70H133NO5. The van der Waals surface area contributed by atoms with Gasteiger partial charge in [-0.25, -0.2) is 0 Å². The van der Waals surface area contributed by atoms with Crippen LogP contribution in [0.2, 0.25) is 0 Å². The highest BCUT2D eigenvalue weighted by Crippen LogP contribution is 2.18. The quantitative estimate of drug-likeness (QED) is 0.0320. The molecule has 0 aromatic heterocycles. The van der Waals surface area contributed by atoms with Crippen molar-refractivity contribution in [3.8, 4) is 0 Å². The summed E-state index contributed by atoms with van der Waals surface area (Å²) in [4.78, 5) is 24.6. The van der Waals surface area contributed by atoms with Crippen molar-refractivity contribution in [2.24, 2.45) is 0 Å².